The molecule has 28 heavy (non-hydrogen) atoms. The molecule has 0 spiro atoms. The molecule has 0 bridgehead atoms. The van der Waals surface area contributed by atoms with Crippen molar-refractivity contribution in [3.05, 3.63) is 68.5 Å². The van der Waals surface area contributed by atoms with Crippen molar-refractivity contribution in [2.24, 2.45) is 0 Å². The Labute approximate surface area is 158 Å². The minimum absolute atomic E-state index is 0.136. The van der Waals surface area contributed by atoms with Crippen LogP contribution in [0.5, 0.6) is 11.5 Å². The Morgan fingerprint density at radius 2 is 1.86 bits per heavy atom. The number of aromatic amines is 1. The summed E-state index contributed by atoms with van der Waals surface area (Å²) in [5, 5.41) is 2.68. The lowest BCUT2D eigenvalue weighted by Crippen LogP contribution is -2.40. The van der Waals surface area contributed by atoms with Gasteiger partial charge in [-0.25, -0.2) is 4.39 Å². The Hall–Kier alpha value is -3.62. The van der Waals surface area contributed by atoms with Gasteiger partial charge in [0, 0.05) is 6.54 Å². The number of fused-ring (bicyclic) bond motifs is 1. The van der Waals surface area contributed by atoms with E-state index in [9.17, 15) is 18.8 Å². The zero-order valence-electron chi connectivity index (χ0n) is 15.2. The number of carbonyl (C=O) groups is 1. The van der Waals surface area contributed by atoms with E-state index in [0.717, 1.165) is 22.3 Å². The van der Waals surface area contributed by atoms with Crippen molar-refractivity contribution in [2.75, 3.05) is 14.2 Å². The van der Waals surface area contributed by atoms with Crippen molar-refractivity contribution in [1.82, 2.24) is 14.9 Å². The number of nitrogens with one attached hydrogen (secondary N) is 2. The molecule has 0 saturated heterocycles. The molecule has 0 fully saturated rings. The average molecular weight is 387 g/mol. The van der Waals surface area contributed by atoms with Crippen LogP contribution in [-0.4, -0.2) is 29.7 Å². The highest BCUT2D eigenvalue weighted by atomic mass is 19.1. The van der Waals surface area contributed by atoms with E-state index in [1.807, 2.05) is 0 Å². The fourth-order valence-corrected chi connectivity index (χ4v) is 2.80. The number of H-pyrrole nitrogens is 1. The molecule has 1 aromatic heterocycles. The highest BCUT2D eigenvalue weighted by Gasteiger charge is 2.12. The van der Waals surface area contributed by atoms with E-state index in [2.05, 4.69) is 10.3 Å². The first-order chi connectivity index (χ1) is 13.4. The predicted molar refractivity (Wildman–Crippen MR) is 100 cm³/mol. The van der Waals surface area contributed by atoms with Gasteiger partial charge in [-0.05, 0) is 35.9 Å². The van der Waals surface area contributed by atoms with Crippen molar-refractivity contribution >= 4 is 16.9 Å². The molecule has 0 radical (unpaired) electrons. The molecule has 0 saturated carbocycles. The molecule has 0 atom stereocenters. The molecule has 3 rings (SSSR count). The molecular weight excluding hydrogens is 369 g/mol. The van der Waals surface area contributed by atoms with Crippen LogP contribution in [0.4, 0.5) is 4.39 Å². The summed E-state index contributed by atoms with van der Waals surface area (Å²) in [7, 11) is 3.03. The SMILES string of the molecule is COc1ccc(CNC(=O)Cn2c(=O)c(=O)[nH]c3cc(F)ccc32)cc1OC. The molecule has 3 aromatic rings. The van der Waals surface area contributed by atoms with E-state index in [1.165, 1.54) is 20.3 Å². The highest BCUT2D eigenvalue weighted by molar-refractivity contribution is 5.80. The summed E-state index contributed by atoms with van der Waals surface area (Å²) in [6.07, 6.45) is 0. The fourth-order valence-electron chi connectivity index (χ4n) is 2.80. The Bertz CT molecular complexity index is 1150. The molecular formula is C19H18FN3O5. The molecule has 8 nitrogen and oxygen atoms in total. The number of hydrogen-bond acceptors (Lipinski definition) is 5. The molecule has 0 aliphatic carbocycles. The third kappa shape index (κ3) is 3.88. The number of halogens is 1. The summed E-state index contributed by atoms with van der Waals surface area (Å²) in [6.45, 7) is -0.193. The number of aromatic nitrogens is 2. The van der Waals surface area contributed by atoms with Crippen LogP contribution in [0.3, 0.4) is 0 Å². The molecule has 2 N–H and O–H groups in total. The van der Waals surface area contributed by atoms with Crippen molar-refractivity contribution < 1.29 is 18.7 Å². The van der Waals surface area contributed by atoms with Crippen LogP contribution in [0.2, 0.25) is 0 Å². The number of nitrogens with zero attached hydrogens (tertiary/aromatic N) is 1. The topological polar surface area (TPSA) is 102 Å². The molecule has 2 aromatic carbocycles. The monoisotopic (exact) mass is 387 g/mol. The molecule has 0 aliphatic heterocycles. The van der Waals surface area contributed by atoms with Gasteiger partial charge in [0.2, 0.25) is 5.91 Å². The van der Waals surface area contributed by atoms with Gasteiger partial charge in [-0.3, -0.25) is 19.0 Å². The average Bonchev–Trinajstić information content (AvgIpc) is 2.69. The Morgan fingerprint density at radius 3 is 2.57 bits per heavy atom. The number of carbonyl (C=O) groups excluding carboxylic acids is 1. The Balaban J connectivity index is 1.80. The lowest BCUT2D eigenvalue weighted by Gasteiger charge is -2.12. The number of benzene rings is 2. The summed E-state index contributed by atoms with van der Waals surface area (Å²) < 4.78 is 24.8. The third-order valence-electron chi connectivity index (χ3n) is 4.18. The van der Waals surface area contributed by atoms with Gasteiger partial charge in [0.05, 0.1) is 25.3 Å². The zero-order chi connectivity index (χ0) is 20.3. The van der Waals surface area contributed by atoms with Gasteiger partial charge in [-0.2, -0.15) is 0 Å². The lowest BCUT2D eigenvalue weighted by molar-refractivity contribution is -0.121. The van der Waals surface area contributed by atoms with Gasteiger partial charge >= 0.3 is 11.1 Å². The summed E-state index contributed by atoms with van der Waals surface area (Å²) in [5.74, 6) is 0.0405. The quantitative estimate of drug-likeness (QED) is 0.618. The largest absolute Gasteiger partial charge is 0.493 e. The molecule has 9 heteroatoms. The van der Waals surface area contributed by atoms with Crippen LogP contribution < -0.4 is 25.9 Å². The molecule has 1 heterocycles. The van der Waals surface area contributed by atoms with Gasteiger partial charge in [-0.15, -0.1) is 0 Å². The van der Waals surface area contributed by atoms with E-state index in [4.69, 9.17) is 9.47 Å². The van der Waals surface area contributed by atoms with E-state index in [0.29, 0.717) is 11.5 Å². The number of rotatable bonds is 6. The van der Waals surface area contributed by atoms with Crippen LogP contribution >= 0.6 is 0 Å². The Morgan fingerprint density at radius 1 is 1.11 bits per heavy atom. The normalized spacial score (nSPS) is 10.7. The van der Waals surface area contributed by atoms with Crippen molar-refractivity contribution in [1.29, 1.82) is 0 Å². The van der Waals surface area contributed by atoms with Crippen LogP contribution in [-0.2, 0) is 17.9 Å². The maximum absolute atomic E-state index is 13.4. The summed E-state index contributed by atoms with van der Waals surface area (Å²) in [4.78, 5) is 38.6. The molecule has 146 valence electrons. The first-order valence-electron chi connectivity index (χ1n) is 8.33. The number of ether oxygens (including phenoxy) is 2. The Kier molecular flexibility index (Phi) is 5.44. The maximum atomic E-state index is 13.4. The summed E-state index contributed by atoms with van der Waals surface area (Å²) in [5.41, 5.74) is -0.660. The summed E-state index contributed by atoms with van der Waals surface area (Å²) in [6, 6.07) is 8.77. The fraction of sp³-hybridized carbons (Fsp3) is 0.211. The van der Waals surface area contributed by atoms with Gasteiger partial charge < -0.3 is 19.8 Å². The lowest BCUT2D eigenvalue weighted by atomic mass is 10.2. The van der Waals surface area contributed by atoms with Crippen LogP contribution in [0, 0.1) is 5.82 Å². The van der Waals surface area contributed by atoms with E-state index in [-0.39, 0.29) is 24.1 Å². The second kappa shape index (κ2) is 7.95. The number of methoxy groups -OCH3 is 2. The predicted octanol–water partition coefficient (Wildman–Crippen LogP) is 1.16. The molecule has 0 unspecified atom stereocenters. The van der Waals surface area contributed by atoms with Gasteiger partial charge in [0.1, 0.15) is 12.4 Å². The smallest absolute Gasteiger partial charge is 0.317 e. The maximum Gasteiger partial charge on any atom is 0.317 e. The van der Waals surface area contributed by atoms with Gasteiger partial charge in [0.25, 0.3) is 0 Å². The molecule has 1 amide bonds. The third-order valence-corrected chi connectivity index (χ3v) is 4.18. The minimum atomic E-state index is -0.925. The highest BCUT2D eigenvalue weighted by Crippen LogP contribution is 2.27. The van der Waals surface area contributed by atoms with Crippen LogP contribution in [0.1, 0.15) is 5.56 Å². The number of hydrogen-bond donors (Lipinski definition) is 2. The second-order valence-electron chi connectivity index (χ2n) is 5.97. The van der Waals surface area contributed by atoms with Gasteiger partial charge in [0.15, 0.2) is 11.5 Å². The van der Waals surface area contributed by atoms with E-state index < -0.39 is 22.8 Å². The molecule has 0 aliphatic rings. The van der Waals surface area contributed by atoms with Crippen molar-refractivity contribution in [2.45, 2.75) is 13.1 Å². The zero-order valence-corrected chi connectivity index (χ0v) is 15.2. The van der Waals surface area contributed by atoms with E-state index >= 15 is 0 Å². The number of amides is 1. The van der Waals surface area contributed by atoms with Gasteiger partial charge in [-0.1, -0.05) is 6.07 Å². The first kappa shape index (κ1) is 19.2. The first-order valence-corrected chi connectivity index (χ1v) is 8.33. The summed E-state index contributed by atoms with van der Waals surface area (Å²) >= 11 is 0. The van der Waals surface area contributed by atoms with Crippen LogP contribution in [0.25, 0.3) is 11.0 Å². The standard InChI is InChI=1S/C19H18FN3O5/c1-27-15-6-3-11(7-16(15)28-2)9-21-17(24)10-23-14-5-4-12(20)8-13(14)22-18(25)19(23)26/h3-8H,9-10H2,1-2H3,(H,21,24)(H,22,25). The van der Waals surface area contributed by atoms with Crippen molar-refractivity contribution in [3.8, 4) is 11.5 Å². The second-order valence-corrected chi connectivity index (χ2v) is 5.97. The van der Waals surface area contributed by atoms with Crippen LogP contribution in [0.15, 0.2) is 46.0 Å². The van der Waals surface area contributed by atoms with E-state index in [1.54, 1.807) is 18.2 Å². The van der Waals surface area contributed by atoms with Crippen molar-refractivity contribution in [3.63, 3.8) is 0 Å². The minimum Gasteiger partial charge on any atom is -0.493 e.